The summed E-state index contributed by atoms with van der Waals surface area (Å²) < 4.78 is 5.50. The molecule has 0 aromatic heterocycles. The standard InChI is InChI=1S/C69H131NO5/c1-3-5-7-9-11-13-15-17-19-20-28-32-35-39-43-47-51-55-59-63-69(74)75-64-60-56-52-48-44-40-36-33-30-27-25-23-21-22-24-26-29-31-34-38-42-46-50-54-58-62-68(73)70-66(65-71)67(72)61-57-53-49-45-41-37-18-16-14-12-10-8-6-4-2/h17,19,22-25,66-67,71-72H,3-16,18,20-21,26-65H2,1-2H3,(H,70,73)/b19-17-,24-22-,25-23-. The molecule has 75 heavy (non-hydrogen) atoms. The van der Waals surface area contributed by atoms with E-state index in [9.17, 15) is 19.8 Å². The van der Waals surface area contributed by atoms with Gasteiger partial charge in [-0.3, -0.25) is 9.59 Å². The maximum absolute atomic E-state index is 12.5. The van der Waals surface area contributed by atoms with Crippen LogP contribution in [0.1, 0.15) is 367 Å². The van der Waals surface area contributed by atoms with Gasteiger partial charge in [0.05, 0.1) is 25.4 Å². The Morgan fingerprint density at radius 1 is 0.373 bits per heavy atom. The molecule has 2 unspecified atom stereocenters. The van der Waals surface area contributed by atoms with Crippen LogP contribution in [0.2, 0.25) is 0 Å². The van der Waals surface area contributed by atoms with Crippen LogP contribution in [0.3, 0.4) is 0 Å². The molecule has 1 amide bonds. The largest absolute Gasteiger partial charge is 0.466 e. The molecular weight excluding hydrogens is 923 g/mol. The van der Waals surface area contributed by atoms with E-state index < -0.39 is 12.1 Å². The number of amides is 1. The highest BCUT2D eigenvalue weighted by molar-refractivity contribution is 5.76. The Bertz CT molecular complexity index is 1210. The minimum atomic E-state index is -0.668. The third kappa shape index (κ3) is 61.2. The van der Waals surface area contributed by atoms with E-state index in [2.05, 4.69) is 55.6 Å². The van der Waals surface area contributed by atoms with E-state index in [1.807, 2.05) is 0 Å². The molecule has 0 heterocycles. The van der Waals surface area contributed by atoms with E-state index in [-0.39, 0.29) is 18.5 Å². The molecule has 0 radical (unpaired) electrons. The van der Waals surface area contributed by atoms with Gasteiger partial charge < -0.3 is 20.3 Å². The number of rotatable bonds is 63. The molecule has 0 aromatic carbocycles. The van der Waals surface area contributed by atoms with Crippen LogP contribution in [0, 0.1) is 0 Å². The number of hydrogen-bond donors (Lipinski definition) is 3. The SMILES string of the molecule is CCCCCCCC/C=C\CCCCCCCCCCCC(=O)OCCCCCCCCCCC/C=C\C/C=C\CCCCCCCCCCCC(=O)NC(CO)C(O)CCCCCCCCCCCCCCCC. The van der Waals surface area contributed by atoms with Crippen molar-refractivity contribution in [3.8, 4) is 0 Å². The molecule has 0 fully saturated rings. The van der Waals surface area contributed by atoms with E-state index in [0.29, 0.717) is 25.9 Å². The zero-order valence-corrected chi connectivity index (χ0v) is 50.5. The summed E-state index contributed by atoms with van der Waals surface area (Å²) in [5.41, 5.74) is 0. The molecule has 0 bridgehead atoms. The fourth-order valence-corrected chi connectivity index (χ4v) is 10.5. The van der Waals surface area contributed by atoms with Gasteiger partial charge in [0.1, 0.15) is 0 Å². The minimum absolute atomic E-state index is 0.00894. The molecule has 6 nitrogen and oxygen atoms in total. The third-order valence-electron chi connectivity index (χ3n) is 15.7. The Morgan fingerprint density at radius 3 is 1.03 bits per heavy atom. The van der Waals surface area contributed by atoms with Crippen LogP contribution in [0.5, 0.6) is 0 Å². The maximum atomic E-state index is 12.5. The van der Waals surface area contributed by atoms with E-state index in [0.717, 1.165) is 51.4 Å². The number of hydrogen-bond acceptors (Lipinski definition) is 5. The summed E-state index contributed by atoms with van der Waals surface area (Å²) in [5.74, 6) is -0.0307. The summed E-state index contributed by atoms with van der Waals surface area (Å²) in [4.78, 5) is 24.6. The van der Waals surface area contributed by atoms with E-state index >= 15 is 0 Å². The molecule has 0 saturated carbocycles. The summed E-state index contributed by atoms with van der Waals surface area (Å²) >= 11 is 0. The zero-order chi connectivity index (χ0) is 54.3. The van der Waals surface area contributed by atoms with Crippen molar-refractivity contribution in [1.29, 1.82) is 0 Å². The highest BCUT2D eigenvalue weighted by Gasteiger charge is 2.20. The monoisotopic (exact) mass is 1050 g/mol. The lowest BCUT2D eigenvalue weighted by Crippen LogP contribution is -2.45. The predicted octanol–water partition coefficient (Wildman–Crippen LogP) is 21.5. The predicted molar refractivity (Wildman–Crippen MR) is 329 cm³/mol. The van der Waals surface area contributed by atoms with Gasteiger partial charge in [0.25, 0.3) is 0 Å². The molecule has 0 saturated heterocycles. The fourth-order valence-electron chi connectivity index (χ4n) is 10.5. The highest BCUT2D eigenvalue weighted by atomic mass is 16.5. The molecule has 3 N–H and O–H groups in total. The van der Waals surface area contributed by atoms with Gasteiger partial charge in [0.15, 0.2) is 0 Å². The molecule has 2 atom stereocenters. The first-order valence-corrected chi connectivity index (χ1v) is 33.7. The maximum Gasteiger partial charge on any atom is 0.305 e. The Hall–Kier alpha value is -1.92. The van der Waals surface area contributed by atoms with Crippen molar-refractivity contribution in [3.63, 3.8) is 0 Å². The normalized spacial score (nSPS) is 12.7. The smallest absolute Gasteiger partial charge is 0.305 e. The summed E-state index contributed by atoms with van der Waals surface area (Å²) in [6.07, 6.45) is 81.7. The molecule has 0 rings (SSSR count). The second-order valence-corrected chi connectivity index (χ2v) is 23.1. The molecule has 442 valence electrons. The summed E-state index contributed by atoms with van der Waals surface area (Å²) in [7, 11) is 0. The van der Waals surface area contributed by atoms with E-state index in [1.165, 1.54) is 283 Å². The van der Waals surface area contributed by atoms with Crippen LogP contribution in [0.25, 0.3) is 0 Å². The van der Waals surface area contributed by atoms with Crippen molar-refractivity contribution in [2.24, 2.45) is 0 Å². The van der Waals surface area contributed by atoms with Crippen molar-refractivity contribution in [2.45, 2.75) is 379 Å². The van der Waals surface area contributed by atoms with Crippen LogP contribution < -0.4 is 5.32 Å². The van der Waals surface area contributed by atoms with Crippen molar-refractivity contribution >= 4 is 11.9 Å². The van der Waals surface area contributed by atoms with Gasteiger partial charge in [0.2, 0.25) is 5.91 Å². The third-order valence-corrected chi connectivity index (χ3v) is 15.7. The Kier molecular flexibility index (Phi) is 63.0. The minimum Gasteiger partial charge on any atom is -0.466 e. The molecule has 0 spiro atoms. The Labute approximate surface area is 468 Å². The average molecular weight is 1050 g/mol. The molecule has 0 aliphatic rings. The first kappa shape index (κ1) is 73.1. The number of ether oxygens (including phenoxy) is 1. The molecular formula is C69H131NO5. The lowest BCUT2D eigenvalue weighted by Gasteiger charge is -2.22. The molecule has 0 aliphatic heterocycles. The molecule has 6 heteroatoms. The Morgan fingerprint density at radius 2 is 0.667 bits per heavy atom. The second-order valence-electron chi connectivity index (χ2n) is 23.1. The van der Waals surface area contributed by atoms with Gasteiger partial charge in [-0.1, -0.05) is 307 Å². The van der Waals surface area contributed by atoms with E-state index in [4.69, 9.17) is 4.74 Å². The number of carbonyl (C=O) groups excluding carboxylic acids is 2. The van der Waals surface area contributed by atoms with Crippen LogP contribution in [0.15, 0.2) is 36.5 Å². The number of nitrogens with one attached hydrogen (secondary N) is 1. The number of allylic oxidation sites excluding steroid dienone is 6. The number of aliphatic hydroxyl groups is 2. The Balaban J connectivity index is 3.41. The number of aliphatic hydroxyl groups excluding tert-OH is 2. The van der Waals surface area contributed by atoms with Crippen LogP contribution in [-0.4, -0.2) is 47.4 Å². The highest BCUT2D eigenvalue weighted by Crippen LogP contribution is 2.18. The van der Waals surface area contributed by atoms with Crippen molar-refractivity contribution in [3.05, 3.63) is 36.5 Å². The summed E-state index contributed by atoms with van der Waals surface area (Å²) in [5, 5.41) is 23.3. The summed E-state index contributed by atoms with van der Waals surface area (Å²) in [6, 6.07) is -0.546. The summed E-state index contributed by atoms with van der Waals surface area (Å²) in [6.45, 7) is 4.96. The van der Waals surface area contributed by atoms with Gasteiger partial charge in [-0.05, 0) is 83.5 Å². The first-order valence-electron chi connectivity index (χ1n) is 33.7. The second kappa shape index (κ2) is 64.6. The van der Waals surface area contributed by atoms with E-state index in [1.54, 1.807) is 0 Å². The average Bonchev–Trinajstić information content (AvgIpc) is 3.41. The fraction of sp³-hybridized carbons (Fsp3) is 0.884. The van der Waals surface area contributed by atoms with Crippen LogP contribution >= 0.6 is 0 Å². The van der Waals surface area contributed by atoms with Gasteiger partial charge in [-0.15, -0.1) is 0 Å². The number of carbonyl (C=O) groups is 2. The molecule has 0 aromatic rings. The number of unbranched alkanes of at least 4 members (excludes halogenated alkanes) is 46. The number of esters is 1. The topological polar surface area (TPSA) is 95.9 Å². The van der Waals surface area contributed by atoms with Crippen molar-refractivity contribution in [2.75, 3.05) is 13.2 Å². The van der Waals surface area contributed by atoms with Crippen LogP contribution in [0.4, 0.5) is 0 Å². The van der Waals surface area contributed by atoms with Crippen molar-refractivity contribution in [1.82, 2.24) is 5.32 Å². The lowest BCUT2D eigenvalue weighted by molar-refractivity contribution is -0.143. The molecule has 0 aliphatic carbocycles. The van der Waals surface area contributed by atoms with Crippen LogP contribution in [-0.2, 0) is 14.3 Å². The van der Waals surface area contributed by atoms with Gasteiger partial charge in [-0.25, -0.2) is 0 Å². The van der Waals surface area contributed by atoms with Gasteiger partial charge in [0, 0.05) is 12.8 Å². The quantitative estimate of drug-likeness (QED) is 0.0320. The first-order chi connectivity index (χ1) is 37.0. The van der Waals surface area contributed by atoms with Gasteiger partial charge in [-0.2, -0.15) is 0 Å². The van der Waals surface area contributed by atoms with Gasteiger partial charge >= 0.3 is 5.97 Å². The van der Waals surface area contributed by atoms with Crippen molar-refractivity contribution < 1.29 is 24.5 Å². The zero-order valence-electron chi connectivity index (χ0n) is 50.5. The lowest BCUT2D eigenvalue weighted by atomic mass is 10.0.